The van der Waals surface area contributed by atoms with Crippen molar-refractivity contribution in [1.29, 1.82) is 0 Å². The van der Waals surface area contributed by atoms with E-state index >= 15 is 0 Å². The fraction of sp³-hybridized carbons (Fsp3) is 0.364. The Morgan fingerprint density at radius 1 is 1.29 bits per heavy atom. The van der Waals surface area contributed by atoms with Crippen LogP contribution in [-0.4, -0.2) is 46.6 Å². The number of ether oxygens (including phenoxy) is 1. The van der Waals surface area contributed by atoms with Crippen LogP contribution in [0.3, 0.4) is 0 Å². The van der Waals surface area contributed by atoms with E-state index in [9.17, 15) is 4.79 Å². The number of carbonyl (C=O) groups is 1. The number of carbonyl (C=O) groups excluding carboxylic acids is 1. The minimum Gasteiger partial charge on any atom is -0.478 e. The van der Waals surface area contributed by atoms with Gasteiger partial charge in [0.1, 0.15) is 0 Å². The average Bonchev–Trinajstić information content (AvgIpc) is 2.73. The maximum absolute atomic E-state index is 13.1. The largest absolute Gasteiger partial charge is 0.478 e. The van der Waals surface area contributed by atoms with Crippen LogP contribution in [0.1, 0.15) is 30.8 Å². The van der Waals surface area contributed by atoms with E-state index in [4.69, 9.17) is 16.2 Å². The highest BCUT2D eigenvalue weighted by molar-refractivity contribution is 6.08. The van der Waals surface area contributed by atoms with Crippen molar-refractivity contribution in [2.24, 2.45) is 11.7 Å². The molecule has 0 spiro atoms. The maximum atomic E-state index is 13.1. The van der Waals surface area contributed by atoms with Gasteiger partial charge in [-0.05, 0) is 37.5 Å². The van der Waals surface area contributed by atoms with Gasteiger partial charge in [-0.25, -0.2) is 4.98 Å². The number of nitrogens with two attached hydrogens (primary N) is 2. The van der Waals surface area contributed by atoms with Crippen LogP contribution < -0.4 is 26.4 Å². The number of pyridine rings is 3. The monoisotopic (exact) mass is 421 g/mol. The molecule has 9 heteroatoms. The van der Waals surface area contributed by atoms with Crippen molar-refractivity contribution in [3.63, 3.8) is 0 Å². The topological polar surface area (TPSA) is 132 Å². The number of nitrogens with zero attached hydrogens (tertiary/aromatic N) is 4. The van der Waals surface area contributed by atoms with Crippen LogP contribution >= 0.6 is 0 Å². The minimum atomic E-state index is -0.424. The smallest absolute Gasteiger partial charge is 0.276 e. The molecule has 0 radical (unpaired) electrons. The Morgan fingerprint density at radius 3 is 2.90 bits per heavy atom. The summed E-state index contributed by atoms with van der Waals surface area (Å²) in [6, 6.07) is 7.23. The van der Waals surface area contributed by atoms with Gasteiger partial charge in [0.15, 0.2) is 11.3 Å². The molecule has 1 amide bonds. The first-order valence-corrected chi connectivity index (χ1v) is 10.4. The second-order valence-electron chi connectivity index (χ2n) is 7.91. The van der Waals surface area contributed by atoms with E-state index in [1.807, 2.05) is 19.1 Å². The number of nitrogens with one attached hydrogen (secondary N) is 1. The molecule has 0 aromatic carbocycles. The lowest BCUT2D eigenvalue weighted by molar-refractivity contribution is 0.102. The van der Waals surface area contributed by atoms with Gasteiger partial charge >= 0.3 is 0 Å². The van der Waals surface area contributed by atoms with Crippen LogP contribution in [0.15, 0.2) is 36.7 Å². The van der Waals surface area contributed by atoms with E-state index < -0.39 is 5.91 Å². The molecule has 3 aromatic rings. The summed E-state index contributed by atoms with van der Waals surface area (Å²) in [5.74, 6) is 0.485. The molecule has 31 heavy (non-hydrogen) atoms. The maximum Gasteiger partial charge on any atom is 0.276 e. The Hall–Kier alpha value is -3.46. The van der Waals surface area contributed by atoms with Gasteiger partial charge in [0.2, 0.25) is 5.88 Å². The first-order chi connectivity index (χ1) is 14.9. The fourth-order valence-corrected chi connectivity index (χ4v) is 4.00. The Morgan fingerprint density at radius 2 is 2.13 bits per heavy atom. The van der Waals surface area contributed by atoms with Crippen molar-refractivity contribution in [2.75, 3.05) is 35.6 Å². The molecule has 1 saturated heterocycles. The lowest BCUT2D eigenvalue weighted by atomic mass is 9.96. The molecule has 0 bridgehead atoms. The summed E-state index contributed by atoms with van der Waals surface area (Å²) in [7, 11) is 0. The zero-order chi connectivity index (χ0) is 22.0. The number of amides is 1. The zero-order valence-electron chi connectivity index (χ0n) is 17.7. The number of anilines is 3. The van der Waals surface area contributed by atoms with E-state index in [2.05, 4.69) is 32.1 Å². The summed E-state index contributed by atoms with van der Waals surface area (Å²) in [6.45, 7) is 6.12. The lowest BCUT2D eigenvalue weighted by Gasteiger charge is -2.37. The van der Waals surface area contributed by atoms with Crippen LogP contribution in [0.2, 0.25) is 0 Å². The van der Waals surface area contributed by atoms with Gasteiger partial charge in [-0.1, -0.05) is 6.92 Å². The zero-order valence-corrected chi connectivity index (χ0v) is 17.7. The van der Waals surface area contributed by atoms with Gasteiger partial charge in [0, 0.05) is 36.8 Å². The predicted molar refractivity (Wildman–Crippen MR) is 121 cm³/mol. The summed E-state index contributed by atoms with van der Waals surface area (Å²) in [4.78, 5) is 28.2. The summed E-state index contributed by atoms with van der Waals surface area (Å²) >= 11 is 0. The van der Waals surface area contributed by atoms with E-state index in [-0.39, 0.29) is 17.4 Å². The number of fused-ring (bicyclic) bond motifs is 1. The van der Waals surface area contributed by atoms with Crippen molar-refractivity contribution >= 4 is 34.0 Å². The van der Waals surface area contributed by atoms with Crippen LogP contribution in [0.5, 0.6) is 5.88 Å². The molecule has 0 aliphatic carbocycles. The first-order valence-electron chi connectivity index (χ1n) is 10.4. The number of aromatic nitrogens is 3. The highest BCUT2D eigenvalue weighted by atomic mass is 16.5. The van der Waals surface area contributed by atoms with Crippen LogP contribution in [0.25, 0.3) is 11.0 Å². The molecule has 4 heterocycles. The Balaban J connectivity index is 1.63. The number of hydrogen-bond donors (Lipinski definition) is 3. The van der Waals surface area contributed by atoms with Gasteiger partial charge in [0.25, 0.3) is 5.91 Å². The van der Waals surface area contributed by atoms with Gasteiger partial charge in [0.05, 0.1) is 29.9 Å². The van der Waals surface area contributed by atoms with Gasteiger partial charge in [-0.2, -0.15) is 4.98 Å². The summed E-state index contributed by atoms with van der Waals surface area (Å²) < 4.78 is 5.43. The van der Waals surface area contributed by atoms with Crippen molar-refractivity contribution < 1.29 is 9.53 Å². The number of rotatable bonds is 5. The molecular formula is C22H27N7O2. The Labute approximate surface area is 180 Å². The number of piperidine rings is 1. The lowest BCUT2D eigenvalue weighted by Crippen LogP contribution is -2.46. The predicted octanol–water partition coefficient (Wildman–Crippen LogP) is 2.43. The number of nitrogen functional groups attached to an aromatic ring is 1. The molecule has 4 rings (SSSR count). The highest BCUT2D eigenvalue weighted by Crippen LogP contribution is 2.30. The molecule has 3 aromatic heterocycles. The molecule has 2 atom stereocenters. The summed E-state index contributed by atoms with van der Waals surface area (Å²) in [5, 5.41) is 3.65. The molecule has 162 valence electrons. The van der Waals surface area contributed by atoms with Crippen molar-refractivity contribution in [3.05, 3.63) is 42.4 Å². The molecule has 1 fully saturated rings. The standard InChI is InChI=1S/C22H27N7O2/c1-3-31-19-5-4-14-9-16(24)20(28-21(14)27-19)22(30)26-17-10-25-7-6-18(17)29-11-13(2)8-15(23)12-29/h4-7,9-10,13,15H,3,8,11-12,23-24H2,1-2H3,(H,26,30). The van der Waals surface area contributed by atoms with Gasteiger partial charge in [-0.15, -0.1) is 0 Å². The number of hydrogen-bond acceptors (Lipinski definition) is 8. The third kappa shape index (κ3) is 4.51. The molecular weight excluding hydrogens is 394 g/mol. The second-order valence-corrected chi connectivity index (χ2v) is 7.91. The average molecular weight is 422 g/mol. The molecule has 5 N–H and O–H groups in total. The van der Waals surface area contributed by atoms with Crippen molar-refractivity contribution in [3.8, 4) is 5.88 Å². The Kier molecular flexibility index (Phi) is 5.85. The van der Waals surface area contributed by atoms with Crippen LogP contribution in [-0.2, 0) is 0 Å². The molecule has 1 aliphatic rings. The minimum absolute atomic E-state index is 0.0869. The third-order valence-corrected chi connectivity index (χ3v) is 5.27. The van der Waals surface area contributed by atoms with E-state index in [0.29, 0.717) is 29.7 Å². The van der Waals surface area contributed by atoms with Crippen LogP contribution in [0.4, 0.5) is 17.1 Å². The van der Waals surface area contributed by atoms with Gasteiger partial charge in [-0.3, -0.25) is 9.78 Å². The second kappa shape index (κ2) is 8.73. The van der Waals surface area contributed by atoms with Gasteiger partial charge < -0.3 is 26.4 Å². The SMILES string of the molecule is CCOc1ccc2cc(N)c(C(=O)Nc3cnccc3N3CC(C)CC(N)C3)nc2n1. The van der Waals surface area contributed by atoms with Crippen molar-refractivity contribution in [2.45, 2.75) is 26.3 Å². The fourth-order valence-electron chi connectivity index (χ4n) is 4.00. The molecule has 9 nitrogen and oxygen atoms in total. The van der Waals surface area contributed by atoms with E-state index in [1.165, 1.54) is 0 Å². The molecule has 1 aliphatic heterocycles. The molecule has 0 saturated carbocycles. The highest BCUT2D eigenvalue weighted by Gasteiger charge is 2.25. The Bertz CT molecular complexity index is 1090. The molecule has 2 unspecified atom stereocenters. The first kappa shape index (κ1) is 20.8. The van der Waals surface area contributed by atoms with E-state index in [1.54, 1.807) is 24.5 Å². The van der Waals surface area contributed by atoms with Crippen LogP contribution in [0, 0.1) is 5.92 Å². The third-order valence-electron chi connectivity index (χ3n) is 5.27. The quantitative estimate of drug-likeness (QED) is 0.572. The summed E-state index contributed by atoms with van der Waals surface area (Å²) in [5.41, 5.74) is 14.6. The normalized spacial score (nSPS) is 18.7. The van der Waals surface area contributed by atoms with Crippen molar-refractivity contribution in [1.82, 2.24) is 15.0 Å². The van der Waals surface area contributed by atoms with E-state index in [0.717, 1.165) is 30.6 Å². The summed E-state index contributed by atoms with van der Waals surface area (Å²) in [6.07, 6.45) is 4.32.